The van der Waals surface area contributed by atoms with Gasteiger partial charge in [-0.3, -0.25) is 0 Å². The predicted molar refractivity (Wildman–Crippen MR) is 47.4 cm³/mol. The maximum Gasteiger partial charge on any atom is 0.0719 e. The van der Waals surface area contributed by atoms with E-state index in [9.17, 15) is 5.11 Å². The summed E-state index contributed by atoms with van der Waals surface area (Å²) >= 11 is 0. The minimum absolute atomic E-state index is 0.445. The van der Waals surface area contributed by atoms with E-state index in [0.29, 0.717) is 0 Å². The Morgan fingerprint density at radius 1 is 1.55 bits per heavy atom. The monoisotopic (exact) mass is 152 g/mol. The molecule has 1 N–H and O–H groups in total. The van der Waals surface area contributed by atoms with Crippen molar-refractivity contribution in [2.24, 2.45) is 0 Å². The van der Waals surface area contributed by atoms with Crippen LogP contribution in [0.2, 0.25) is 0 Å². The van der Waals surface area contributed by atoms with Gasteiger partial charge in [-0.05, 0) is 32.6 Å². The SMILES string of the molecule is C=C(C)CCC1(O)CC=CC1. The van der Waals surface area contributed by atoms with E-state index in [2.05, 4.69) is 18.7 Å². The third-order valence-corrected chi connectivity index (χ3v) is 2.18. The third kappa shape index (κ3) is 2.51. The van der Waals surface area contributed by atoms with Crippen LogP contribution in [0.3, 0.4) is 0 Å². The molecule has 0 atom stereocenters. The normalized spacial score (nSPS) is 20.5. The molecule has 1 rings (SSSR count). The molecular weight excluding hydrogens is 136 g/mol. The van der Waals surface area contributed by atoms with Gasteiger partial charge in [0.15, 0.2) is 0 Å². The van der Waals surface area contributed by atoms with Crippen LogP contribution in [0, 0.1) is 0 Å². The van der Waals surface area contributed by atoms with Gasteiger partial charge in [0.05, 0.1) is 5.60 Å². The summed E-state index contributed by atoms with van der Waals surface area (Å²) in [5.74, 6) is 0. The van der Waals surface area contributed by atoms with Crippen molar-refractivity contribution >= 4 is 0 Å². The molecule has 1 aliphatic carbocycles. The molecule has 0 aromatic rings. The first-order valence-corrected chi connectivity index (χ1v) is 4.14. The van der Waals surface area contributed by atoms with Crippen LogP contribution in [0.25, 0.3) is 0 Å². The summed E-state index contributed by atoms with van der Waals surface area (Å²) in [4.78, 5) is 0. The van der Waals surface area contributed by atoms with Gasteiger partial charge in [-0.2, -0.15) is 0 Å². The van der Waals surface area contributed by atoms with Crippen LogP contribution in [0.1, 0.15) is 32.6 Å². The van der Waals surface area contributed by atoms with Gasteiger partial charge in [-0.1, -0.05) is 17.7 Å². The Labute approximate surface area is 68.4 Å². The standard InChI is InChI=1S/C10H16O/c1-9(2)5-8-10(11)6-3-4-7-10/h3-4,11H,1,5-8H2,2H3. The molecule has 0 radical (unpaired) electrons. The van der Waals surface area contributed by atoms with Crippen molar-refractivity contribution in [1.82, 2.24) is 0 Å². The van der Waals surface area contributed by atoms with Crippen LogP contribution in [-0.4, -0.2) is 10.7 Å². The van der Waals surface area contributed by atoms with E-state index in [1.54, 1.807) is 0 Å². The van der Waals surface area contributed by atoms with Gasteiger partial charge >= 0.3 is 0 Å². The zero-order valence-corrected chi connectivity index (χ0v) is 7.14. The van der Waals surface area contributed by atoms with E-state index in [1.807, 2.05) is 6.92 Å². The number of hydrogen-bond donors (Lipinski definition) is 1. The van der Waals surface area contributed by atoms with Crippen LogP contribution in [0.5, 0.6) is 0 Å². The van der Waals surface area contributed by atoms with E-state index in [0.717, 1.165) is 31.3 Å². The van der Waals surface area contributed by atoms with Crippen molar-refractivity contribution in [1.29, 1.82) is 0 Å². The molecule has 11 heavy (non-hydrogen) atoms. The summed E-state index contributed by atoms with van der Waals surface area (Å²) in [5, 5.41) is 9.84. The van der Waals surface area contributed by atoms with Gasteiger partial charge < -0.3 is 5.11 Å². The summed E-state index contributed by atoms with van der Waals surface area (Å²) < 4.78 is 0. The second-order valence-corrected chi connectivity index (χ2v) is 3.56. The minimum Gasteiger partial charge on any atom is -0.389 e. The first-order valence-electron chi connectivity index (χ1n) is 4.14. The summed E-state index contributed by atoms with van der Waals surface area (Å²) in [6, 6.07) is 0. The molecule has 0 fully saturated rings. The van der Waals surface area contributed by atoms with Gasteiger partial charge in [0.1, 0.15) is 0 Å². The Balaban J connectivity index is 2.30. The van der Waals surface area contributed by atoms with Crippen molar-refractivity contribution < 1.29 is 5.11 Å². The van der Waals surface area contributed by atoms with E-state index in [1.165, 1.54) is 0 Å². The van der Waals surface area contributed by atoms with E-state index >= 15 is 0 Å². The maximum absolute atomic E-state index is 9.84. The zero-order valence-electron chi connectivity index (χ0n) is 7.14. The number of rotatable bonds is 3. The highest BCUT2D eigenvalue weighted by Crippen LogP contribution is 2.28. The quantitative estimate of drug-likeness (QED) is 0.616. The summed E-state index contributed by atoms with van der Waals surface area (Å²) in [5.41, 5.74) is 0.712. The van der Waals surface area contributed by atoms with Crippen LogP contribution in [0.4, 0.5) is 0 Å². The van der Waals surface area contributed by atoms with Gasteiger partial charge in [0, 0.05) is 0 Å². The summed E-state index contributed by atoms with van der Waals surface area (Å²) in [7, 11) is 0. The Bertz CT molecular complexity index is 171. The van der Waals surface area contributed by atoms with Crippen LogP contribution < -0.4 is 0 Å². The minimum atomic E-state index is -0.445. The molecule has 0 saturated carbocycles. The number of hydrogen-bond acceptors (Lipinski definition) is 1. The van der Waals surface area contributed by atoms with Crippen molar-refractivity contribution in [3.8, 4) is 0 Å². The molecule has 0 heterocycles. The van der Waals surface area contributed by atoms with Crippen LogP contribution in [-0.2, 0) is 0 Å². The molecular formula is C10H16O. The lowest BCUT2D eigenvalue weighted by Crippen LogP contribution is -2.24. The first kappa shape index (κ1) is 8.54. The number of aliphatic hydroxyl groups is 1. The third-order valence-electron chi connectivity index (χ3n) is 2.18. The molecule has 0 amide bonds. The van der Waals surface area contributed by atoms with Crippen LogP contribution in [0.15, 0.2) is 24.3 Å². The second-order valence-electron chi connectivity index (χ2n) is 3.56. The topological polar surface area (TPSA) is 20.2 Å². The molecule has 1 nitrogen and oxygen atoms in total. The highest BCUT2D eigenvalue weighted by molar-refractivity contribution is 5.05. The molecule has 1 heteroatoms. The van der Waals surface area contributed by atoms with E-state index in [4.69, 9.17) is 0 Å². The van der Waals surface area contributed by atoms with Gasteiger partial charge in [-0.15, -0.1) is 6.58 Å². The average Bonchev–Trinajstić information content (AvgIpc) is 2.33. The Morgan fingerprint density at radius 2 is 2.09 bits per heavy atom. The average molecular weight is 152 g/mol. The fraction of sp³-hybridized carbons (Fsp3) is 0.600. The lowest BCUT2D eigenvalue weighted by molar-refractivity contribution is 0.0452. The molecule has 0 spiro atoms. The Hall–Kier alpha value is -0.560. The van der Waals surface area contributed by atoms with Crippen molar-refractivity contribution in [2.45, 2.75) is 38.2 Å². The van der Waals surface area contributed by atoms with Gasteiger partial charge in [-0.25, -0.2) is 0 Å². The highest BCUT2D eigenvalue weighted by Gasteiger charge is 2.26. The van der Waals surface area contributed by atoms with Gasteiger partial charge in [0.25, 0.3) is 0 Å². The van der Waals surface area contributed by atoms with Crippen molar-refractivity contribution in [3.63, 3.8) is 0 Å². The number of allylic oxidation sites excluding steroid dienone is 1. The summed E-state index contributed by atoms with van der Waals surface area (Å²) in [6.07, 6.45) is 7.55. The van der Waals surface area contributed by atoms with Crippen molar-refractivity contribution in [2.75, 3.05) is 0 Å². The van der Waals surface area contributed by atoms with E-state index in [-0.39, 0.29) is 0 Å². The molecule has 0 saturated heterocycles. The molecule has 62 valence electrons. The Kier molecular flexibility index (Phi) is 2.50. The molecule has 0 unspecified atom stereocenters. The van der Waals surface area contributed by atoms with Crippen LogP contribution >= 0.6 is 0 Å². The fourth-order valence-electron chi connectivity index (χ4n) is 1.34. The Morgan fingerprint density at radius 3 is 2.55 bits per heavy atom. The zero-order chi connectivity index (χ0) is 8.32. The lowest BCUT2D eigenvalue weighted by atomic mass is 9.93. The molecule has 0 aromatic carbocycles. The summed E-state index contributed by atoms with van der Waals surface area (Å²) in [6.45, 7) is 5.82. The van der Waals surface area contributed by atoms with E-state index < -0.39 is 5.60 Å². The van der Waals surface area contributed by atoms with Crippen molar-refractivity contribution in [3.05, 3.63) is 24.3 Å². The fourth-order valence-corrected chi connectivity index (χ4v) is 1.34. The molecule has 0 aliphatic heterocycles. The van der Waals surface area contributed by atoms with Gasteiger partial charge in [0.2, 0.25) is 0 Å². The lowest BCUT2D eigenvalue weighted by Gasteiger charge is -2.21. The second kappa shape index (κ2) is 3.22. The smallest absolute Gasteiger partial charge is 0.0719 e. The first-order chi connectivity index (χ1) is 5.12. The maximum atomic E-state index is 9.84. The largest absolute Gasteiger partial charge is 0.389 e. The highest BCUT2D eigenvalue weighted by atomic mass is 16.3. The molecule has 0 bridgehead atoms. The predicted octanol–water partition coefficient (Wildman–Crippen LogP) is 2.42. The molecule has 1 aliphatic rings. The molecule has 0 aromatic heterocycles.